The summed E-state index contributed by atoms with van der Waals surface area (Å²) in [6.07, 6.45) is 10.6. The number of carbonyl (C=O) groups excluding carboxylic acids is 1. The van der Waals surface area contributed by atoms with Gasteiger partial charge in [0, 0.05) is 17.9 Å². The third kappa shape index (κ3) is 4.31. The summed E-state index contributed by atoms with van der Waals surface area (Å²) in [5.74, 6) is 0.0491. The first-order chi connectivity index (χ1) is 18.5. The number of pyridine rings is 1. The van der Waals surface area contributed by atoms with Gasteiger partial charge in [0.2, 0.25) is 5.91 Å². The molecule has 192 valence electrons. The summed E-state index contributed by atoms with van der Waals surface area (Å²) in [4.78, 5) is 34.9. The van der Waals surface area contributed by atoms with E-state index in [1.807, 2.05) is 91.7 Å². The first-order valence-electron chi connectivity index (χ1n) is 13.0. The van der Waals surface area contributed by atoms with Crippen LogP contribution in [0.2, 0.25) is 0 Å². The Morgan fingerprint density at radius 3 is 2.58 bits per heavy atom. The van der Waals surface area contributed by atoms with Gasteiger partial charge in [0.05, 0.1) is 16.8 Å². The Bertz CT molecular complexity index is 1400. The normalized spacial score (nSPS) is 22.6. The number of hydrogen-bond acceptors (Lipinski definition) is 5. The van der Waals surface area contributed by atoms with Crippen molar-refractivity contribution in [2.24, 2.45) is 5.18 Å². The molecule has 1 fully saturated rings. The van der Waals surface area contributed by atoms with Crippen LogP contribution in [0.4, 0.5) is 11.4 Å². The van der Waals surface area contributed by atoms with Crippen molar-refractivity contribution in [3.05, 3.63) is 126 Å². The molecule has 38 heavy (non-hydrogen) atoms. The molecule has 0 N–H and O–H groups in total. The summed E-state index contributed by atoms with van der Waals surface area (Å²) in [7, 11) is 2.00. The van der Waals surface area contributed by atoms with Gasteiger partial charge >= 0.3 is 0 Å². The van der Waals surface area contributed by atoms with Gasteiger partial charge in [0.15, 0.2) is 0 Å². The topological polar surface area (TPSA) is 65.9 Å². The smallest absolute Gasteiger partial charge is 0.242 e. The average Bonchev–Trinajstić information content (AvgIpc) is 3.19. The second kappa shape index (κ2) is 10.7. The predicted molar refractivity (Wildman–Crippen MR) is 153 cm³/mol. The van der Waals surface area contributed by atoms with Crippen LogP contribution in [0.3, 0.4) is 0 Å². The number of carbonyl (C=O) groups is 1. The number of nitroso groups, excluding NO2 is 1. The number of amides is 1. The molecule has 2 aliphatic heterocycles. The Hall–Kier alpha value is -4.16. The van der Waals surface area contributed by atoms with Crippen LogP contribution in [0, 0.1) is 4.91 Å². The van der Waals surface area contributed by atoms with Gasteiger partial charge in [-0.3, -0.25) is 14.7 Å². The first kappa shape index (κ1) is 25.5. The van der Waals surface area contributed by atoms with Gasteiger partial charge in [0.25, 0.3) is 0 Å². The van der Waals surface area contributed by atoms with Crippen LogP contribution in [-0.4, -0.2) is 35.4 Å². The first-order valence-corrected chi connectivity index (χ1v) is 13.0. The lowest BCUT2D eigenvalue weighted by molar-refractivity contribution is -0.125. The minimum absolute atomic E-state index is 0.0491. The van der Waals surface area contributed by atoms with Crippen LogP contribution < -0.4 is 4.90 Å². The number of aromatic nitrogens is 1. The number of anilines is 2. The van der Waals surface area contributed by atoms with E-state index in [0.717, 1.165) is 28.1 Å². The molecule has 3 atom stereocenters. The van der Waals surface area contributed by atoms with E-state index in [1.165, 1.54) is 0 Å². The highest BCUT2D eigenvalue weighted by Crippen LogP contribution is 2.53. The molecule has 5 rings (SSSR count). The quantitative estimate of drug-likeness (QED) is 0.264. The molecule has 6 nitrogen and oxygen atoms in total. The molecule has 0 aliphatic carbocycles. The minimum Gasteiger partial charge on any atom is -0.301 e. The zero-order valence-electron chi connectivity index (χ0n) is 21.8. The molecule has 1 aromatic heterocycles. The van der Waals surface area contributed by atoms with Crippen molar-refractivity contribution in [3.8, 4) is 0 Å². The van der Waals surface area contributed by atoms with Crippen LogP contribution in [0.25, 0.3) is 5.57 Å². The largest absolute Gasteiger partial charge is 0.301 e. The summed E-state index contributed by atoms with van der Waals surface area (Å²) in [6.45, 7) is 6.43. The van der Waals surface area contributed by atoms with Crippen LogP contribution in [0.15, 0.2) is 109 Å². The van der Waals surface area contributed by atoms with Gasteiger partial charge in [-0.1, -0.05) is 72.5 Å². The molecule has 2 aliphatic rings. The van der Waals surface area contributed by atoms with Crippen LogP contribution in [0.1, 0.15) is 42.6 Å². The van der Waals surface area contributed by atoms with Crippen LogP contribution in [-0.2, 0) is 10.2 Å². The van der Waals surface area contributed by atoms with E-state index in [-0.39, 0.29) is 11.9 Å². The summed E-state index contributed by atoms with van der Waals surface area (Å²) in [6, 6.07) is 20.8. The van der Waals surface area contributed by atoms with Gasteiger partial charge in [-0.2, -0.15) is 4.91 Å². The molecule has 0 bridgehead atoms. The number of likely N-dealkylation sites (N-methyl/N-ethyl adjacent to an activating group) is 1. The minimum atomic E-state index is -0.731. The van der Waals surface area contributed by atoms with E-state index in [2.05, 4.69) is 33.8 Å². The fraction of sp³-hybridized carbons (Fsp3) is 0.250. The number of likely N-dealkylation sites (tertiary alicyclic amines) is 1. The highest BCUT2D eigenvalue weighted by atomic mass is 16.3. The van der Waals surface area contributed by atoms with Crippen molar-refractivity contribution in [2.75, 3.05) is 18.5 Å². The van der Waals surface area contributed by atoms with Gasteiger partial charge in [-0.05, 0) is 80.4 Å². The SMILES string of the molecule is C=C/C=C\C(=C/C)c1ccc(N2C(=O)C3(CCN(C)C(C(N=O)c4ccccn4)C3)c3ccccc32)cc1. The molecule has 2 aromatic carbocycles. The second-order valence-corrected chi connectivity index (χ2v) is 9.93. The molecule has 0 saturated carbocycles. The third-order valence-electron chi connectivity index (χ3n) is 7.94. The van der Waals surface area contributed by atoms with Gasteiger partial charge in [-0.25, -0.2) is 0 Å². The van der Waals surface area contributed by atoms with Gasteiger partial charge in [-0.15, -0.1) is 0 Å². The molecule has 3 aromatic rings. The second-order valence-electron chi connectivity index (χ2n) is 9.93. The molecule has 1 saturated heterocycles. The lowest BCUT2D eigenvalue weighted by Gasteiger charge is -2.44. The highest BCUT2D eigenvalue weighted by Gasteiger charge is 2.55. The number of allylic oxidation sites excluding steroid dienone is 5. The highest BCUT2D eigenvalue weighted by molar-refractivity contribution is 6.13. The number of hydrogen-bond donors (Lipinski definition) is 0. The predicted octanol–water partition coefficient (Wildman–Crippen LogP) is 6.75. The van der Waals surface area contributed by atoms with E-state index >= 15 is 0 Å². The maximum Gasteiger partial charge on any atom is 0.242 e. The van der Waals surface area contributed by atoms with E-state index in [1.54, 1.807) is 12.3 Å². The van der Waals surface area contributed by atoms with Crippen molar-refractivity contribution in [1.82, 2.24) is 9.88 Å². The fourth-order valence-electron chi connectivity index (χ4n) is 5.91. The third-order valence-corrected chi connectivity index (χ3v) is 7.94. The van der Waals surface area contributed by atoms with Crippen LogP contribution >= 0.6 is 0 Å². The molecular formula is C32H32N4O2. The lowest BCUT2D eigenvalue weighted by atomic mass is 9.69. The average molecular weight is 505 g/mol. The number of piperidine rings is 1. The number of benzene rings is 2. The molecule has 6 heteroatoms. The van der Waals surface area contributed by atoms with E-state index in [9.17, 15) is 9.70 Å². The zero-order chi connectivity index (χ0) is 26.7. The van der Waals surface area contributed by atoms with Crippen molar-refractivity contribution < 1.29 is 4.79 Å². The Kier molecular flexibility index (Phi) is 7.16. The Labute approximate surface area is 224 Å². The number of para-hydroxylation sites is 1. The monoisotopic (exact) mass is 504 g/mol. The number of fused-ring (bicyclic) bond motifs is 2. The van der Waals surface area contributed by atoms with Crippen molar-refractivity contribution in [1.29, 1.82) is 0 Å². The fourth-order valence-corrected chi connectivity index (χ4v) is 5.91. The van der Waals surface area contributed by atoms with Crippen LogP contribution in [0.5, 0.6) is 0 Å². The summed E-state index contributed by atoms with van der Waals surface area (Å²) < 4.78 is 0. The van der Waals surface area contributed by atoms with Crippen molar-refractivity contribution >= 4 is 22.9 Å². The molecule has 3 unspecified atom stereocenters. The number of rotatable bonds is 7. The van der Waals surface area contributed by atoms with Gasteiger partial charge in [0.1, 0.15) is 6.04 Å². The van der Waals surface area contributed by atoms with Gasteiger partial charge < -0.3 is 4.90 Å². The van der Waals surface area contributed by atoms with E-state index in [0.29, 0.717) is 25.1 Å². The number of nitrogens with zero attached hydrogens (tertiary/aromatic N) is 4. The summed E-state index contributed by atoms with van der Waals surface area (Å²) >= 11 is 0. The van der Waals surface area contributed by atoms with E-state index in [4.69, 9.17) is 0 Å². The lowest BCUT2D eigenvalue weighted by Crippen LogP contribution is -2.53. The molecule has 1 spiro atoms. The Balaban J connectivity index is 1.52. The Morgan fingerprint density at radius 2 is 1.89 bits per heavy atom. The zero-order valence-corrected chi connectivity index (χ0v) is 21.8. The van der Waals surface area contributed by atoms with Crippen molar-refractivity contribution in [3.63, 3.8) is 0 Å². The summed E-state index contributed by atoms with van der Waals surface area (Å²) in [5.41, 5.74) is 4.80. The molecule has 1 amide bonds. The molecule has 0 radical (unpaired) electrons. The standard InChI is InChI=1S/C32H32N4O2/c1-4-6-11-23(5-2)24-15-17-25(18-16-24)36-28-14-8-7-12-26(28)32(31(36)37)19-21-35(3)29(22-32)30(34-38)27-13-9-10-20-33-27/h4-18,20,29-30H,1,19,21-22H2,2-3H3/b11-6-,23-5+. The maximum atomic E-state index is 14.4. The maximum absolute atomic E-state index is 14.4. The molecular weight excluding hydrogens is 472 g/mol. The van der Waals surface area contributed by atoms with Crippen molar-refractivity contribution in [2.45, 2.75) is 37.3 Å². The van der Waals surface area contributed by atoms with E-state index < -0.39 is 11.5 Å². The molecule has 3 heterocycles. The summed E-state index contributed by atoms with van der Waals surface area (Å²) in [5, 5.41) is 3.50. The Morgan fingerprint density at radius 1 is 1.13 bits per heavy atom.